The van der Waals surface area contributed by atoms with Gasteiger partial charge in [0.25, 0.3) is 11.7 Å². The minimum absolute atomic E-state index is 0.181. The summed E-state index contributed by atoms with van der Waals surface area (Å²) in [6.45, 7) is 7.73. The molecule has 1 aromatic heterocycles. The van der Waals surface area contributed by atoms with Crippen LogP contribution in [0.3, 0.4) is 0 Å². The van der Waals surface area contributed by atoms with Gasteiger partial charge in [-0.15, -0.1) is 0 Å². The van der Waals surface area contributed by atoms with Crippen LogP contribution < -0.4 is 5.32 Å². The van der Waals surface area contributed by atoms with Crippen molar-refractivity contribution in [1.82, 2.24) is 9.97 Å². The standard InChI is InChI=1S/C22H22N4O4/c1-13-8-7-9-14(22(2,3)4)18(13)25-21(28)20(27)19(26(29)30)17-12-23-15-10-5-6-11-16(15)24-17/h5-12,19H,1-4H3,(H,25,28)/t19-/m1/s1. The minimum Gasteiger partial charge on any atom is -0.319 e. The maximum Gasteiger partial charge on any atom is 0.322 e. The van der Waals surface area contributed by atoms with Gasteiger partial charge in [-0.1, -0.05) is 51.1 Å². The molecule has 3 rings (SSSR count). The maximum absolute atomic E-state index is 12.8. The maximum atomic E-state index is 12.8. The average molecular weight is 406 g/mol. The summed E-state index contributed by atoms with van der Waals surface area (Å²) in [7, 11) is 0. The minimum atomic E-state index is -1.94. The van der Waals surface area contributed by atoms with Gasteiger partial charge in [-0.3, -0.25) is 24.7 Å². The summed E-state index contributed by atoms with van der Waals surface area (Å²) in [5.41, 5.74) is 2.52. The number of anilines is 1. The van der Waals surface area contributed by atoms with Crippen molar-refractivity contribution in [3.05, 3.63) is 75.6 Å². The Morgan fingerprint density at radius 3 is 2.37 bits per heavy atom. The van der Waals surface area contributed by atoms with Crippen molar-refractivity contribution in [1.29, 1.82) is 0 Å². The Hall–Kier alpha value is -3.68. The van der Waals surface area contributed by atoms with Crippen molar-refractivity contribution in [2.45, 2.75) is 39.2 Å². The summed E-state index contributed by atoms with van der Waals surface area (Å²) in [4.78, 5) is 44.6. The number of benzene rings is 2. The van der Waals surface area contributed by atoms with Gasteiger partial charge in [0, 0.05) is 10.6 Å². The highest BCUT2D eigenvalue weighted by Crippen LogP contribution is 2.32. The molecule has 1 amide bonds. The molecule has 1 atom stereocenters. The van der Waals surface area contributed by atoms with E-state index >= 15 is 0 Å². The first-order valence-electron chi connectivity index (χ1n) is 9.40. The van der Waals surface area contributed by atoms with Crippen LogP contribution in [-0.2, 0) is 15.0 Å². The number of nitrogens with one attached hydrogen (secondary N) is 1. The molecular weight excluding hydrogens is 384 g/mol. The van der Waals surface area contributed by atoms with Crippen LogP contribution in [0.2, 0.25) is 0 Å². The number of carbonyl (C=O) groups excluding carboxylic acids is 2. The fourth-order valence-electron chi connectivity index (χ4n) is 3.20. The van der Waals surface area contributed by atoms with E-state index in [-0.39, 0.29) is 11.1 Å². The van der Waals surface area contributed by atoms with Gasteiger partial charge in [0.1, 0.15) is 5.69 Å². The number of hydrogen-bond donors (Lipinski definition) is 1. The molecule has 0 unspecified atom stereocenters. The molecule has 0 spiro atoms. The Kier molecular flexibility index (Phi) is 5.60. The number of carbonyl (C=O) groups is 2. The quantitative estimate of drug-likeness (QED) is 0.392. The first-order chi connectivity index (χ1) is 14.1. The smallest absolute Gasteiger partial charge is 0.319 e. The van der Waals surface area contributed by atoms with Crippen LogP contribution in [0.25, 0.3) is 11.0 Å². The van der Waals surface area contributed by atoms with Crippen LogP contribution in [0.1, 0.15) is 43.6 Å². The Labute approximate surface area is 173 Å². The van der Waals surface area contributed by atoms with Gasteiger partial charge in [-0.25, -0.2) is 4.98 Å². The Morgan fingerprint density at radius 2 is 1.73 bits per heavy atom. The summed E-state index contributed by atoms with van der Waals surface area (Å²) in [5.74, 6) is -2.26. The lowest BCUT2D eigenvalue weighted by Gasteiger charge is -2.24. The third-order valence-corrected chi connectivity index (χ3v) is 4.75. The number of aryl methyl sites for hydroxylation is 1. The first-order valence-corrected chi connectivity index (χ1v) is 9.40. The van der Waals surface area contributed by atoms with Gasteiger partial charge in [-0.05, 0) is 35.6 Å². The fraction of sp³-hybridized carbons (Fsp3) is 0.273. The highest BCUT2D eigenvalue weighted by atomic mass is 16.6. The molecule has 8 heteroatoms. The van der Waals surface area contributed by atoms with Crippen LogP contribution >= 0.6 is 0 Å². The molecule has 1 heterocycles. The van der Waals surface area contributed by atoms with E-state index in [4.69, 9.17) is 0 Å². The third-order valence-electron chi connectivity index (χ3n) is 4.75. The molecule has 0 fully saturated rings. The van der Waals surface area contributed by atoms with E-state index in [9.17, 15) is 19.7 Å². The number of nitro groups is 1. The van der Waals surface area contributed by atoms with E-state index in [1.807, 2.05) is 32.9 Å². The fourth-order valence-corrected chi connectivity index (χ4v) is 3.20. The second-order valence-electron chi connectivity index (χ2n) is 8.04. The van der Waals surface area contributed by atoms with E-state index in [0.717, 1.165) is 17.3 Å². The van der Waals surface area contributed by atoms with Crippen LogP contribution in [-0.4, -0.2) is 26.6 Å². The molecule has 154 valence electrons. The Bertz CT molecular complexity index is 1150. The molecule has 3 aromatic rings. The molecule has 2 aromatic carbocycles. The number of ketones is 1. The van der Waals surface area contributed by atoms with Gasteiger partial charge in [0.2, 0.25) is 0 Å². The van der Waals surface area contributed by atoms with Crippen molar-refractivity contribution in [2.24, 2.45) is 0 Å². The molecule has 8 nitrogen and oxygen atoms in total. The summed E-state index contributed by atoms with van der Waals surface area (Å²) in [6, 6.07) is 10.4. The van der Waals surface area contributed by atoms with Crippen molar-refractivity contribution in [3.63, 3.8) is 0 Å². The van der Waals surface area contributed by atoms with Crippen LogP contribution in [0.5, 0.6) is 0 Å². The second-order valence-corrected chi connectivity index (χ2v) is 8.04. The van der Waals surface area contributed by atoms with E-state index in [1.165, 1.54) is 0 Å². The lowest BCUT2D eigenvalue weighted by atomic mass is 9.84. The molecule has 30 heavy (non-hydrogen) atoms. The summed E-state index contributed by atoms with van der Waals surface area (Å²) < 4.78 is 0. The molecule has 0 aliphatic rings. The van der Waals surface area contributed by atoms with Crippen molar-refractivity contribution in [2.75, 3.05) is 5.32 Å². The average Bonchev–Trinajstić information content (AvgIpc) is 2.68. The highest BCUT2D eigenvalue weighted by Gasteiger charge is 2.39. The predicted molar refractivity (Wildman–Crippen MR) is 113 cm³/mol. The largest absolute Gasteiger partial charge is 0.322 e. The number of para-hydroxylation sites is 3. The number of hydrogen-bond acceptors (Lipinski definition) is 6. The van der Waals surface area contributed by atoms with Crippen LogP contribution in [0, 0.1) is 17.0 Å². The molecule has 0 bridgehead atoms. The van der Waals surface area contributed by atoms with Gasteiger partial charge >= 0.3 is 6.04 Å². The Balaban J connectivity index is 1.95. The van der Waals surface area contributed by atoms with E-state index in [2.05, 4.69) is 15.3 Å². The van der Waals surface area contributed by atoms with E-state index in [0.29, 0.717) is 16.7 Å². The molecule has 0 radical (unpaired) electrons. The normalized spacial score (nSPS) is 12.4. The number of fused-ring (bicyclic) bond motifs is 1. The number of rotatable bonds is 5. The van der Waals surface area contributed by atoms with Crippen molar-refractivity contribution < 1.29 is 14.5 Å². The molecule has 1 N–H and O–H groups in total. The zero-order valence-electron chi connectivity index (χ0n) is 17.2. The van der Waals surface area contributed by atoms with E-state index < -0.39 is 22.7 Å². The molecule has 0 saturated carbocycles. The zero-order chi connectivity index (χ0) is 22.1. The van der Waals surface area contributed by atoms with Crippen molar-refractivity contribution in [3.8, 4) is 0 Å². The van der Waals surface area contributed by atoms with Crippen LogP contribution in [0.15, 0.2) is 48.7 Å². The van der Waals surface area contributed by atoms with Gasteiger partial charge in [0.15, 0.2) is 0 Å². The van der Waals surface area contributed by atoms with E-state index in [1.54, 1.807) is 37.3 Å². The topological polar surface area (TPSA) is 115 Å². The van der Waals surface area contributed by atoms with Crippen molar-refractivity contribution >= 4 is 28.4 Å². The van der Waals surface area contributed by atoms with Crippen LogP contribution in [0.4, 0.5) is 5.69 Å². The molecule has 0 aliphatic carbocycles. The summed E-state index contributed by atoms with van der Waals surface area (Å²) in [5, 5.41) is 14.3. The number of nitrogens with zero attached hydrogens (tertiary/aromatic N) is 3. The monoisotopic (exact) mass is 406 g/mol. The molecule has 0 saturated heterocycles. The van der Waals surface area contributed by atoms with Gasteiger partial charge < -0.3 is 5.32 Å². The van der Waals surface area contributed by atoms with Gasteiger partial charge in [-0.2, -0.15) is 0 Å². The third kappa shape index (κ3) is 4.17. The first kappa shape index (κ1) is 21.0. The highest BCUT2D eigenvalue weighted by molar-refractivity contribution is 6.42. The lowest BCUT2D eigenvalue weighted by molar-refractivity contribution is -0.513. The number of Topliss-reactive ketones (excluding diaryl/α,β-unsaturated/α-hetero) is 1. The molecular formula is C22H22N4O4. The second kappa shape index (κ2) is 7.98. The molecule has 0 aliphatic heterocycles. The summed E-state index contributed by atoms with van der Waals surface area (Å²) >= 11 is 0. The summed E-state index contributed by atoms with van der Waals surface area (Å²) in [6.07, 6.45) is 1.16. The Morgan fingerprint density at radius 1 is 1.07 bits per heavy atom. The lowest BCUT2D eigenvalue weighted by Crippen LogP contribution is -2.34. The SMILES string of the molecule is Cc1cccc(C(C)(C)C)c1NC(=O)C(=O)[C@@H](c1cnc2ccccc2n1)[N+](=O)[O-]. The zero-order valence-corrected chi connectivity index (χ0v) is 17.2. The van der Waals surface area contributed by atoms with Gasteiger partial charge in [0.05, 0.1) is 17.2 Å². The predicted octanol–water partition coefficient (Wildman–Crippen LogP) is 3.76. The number of aromatic nitrogens is 2. The number of amides is 1.